The maximum Gasteiger partial charge on any atom is 0.144 e. The van der Waals surface area contributed by atoms with Crippen LogP contribution in [0.25, 0.3) is 16.9 Å². The lowest BCUT2D eigenvalue weighted by atomic mass is 9.86. The van der Waals surface area contributed by atoms with Crippen LogP contribution in [0.5, 0.6) is 5.75 Å². The molecule has 0 fully saturated rings. The van der Waals surface area contributed by atoms with E-state index in [4.69, 9.17) is 9.84 Å². The van der Waals surface area contributed by atoms with E-state index in [0.717, 1.165) is 47.9 Å². The van der Waals surface area contributed by atoms with Gasteiger partial charge in [0.05, 0.1) is 29.6 Å². The van der Waals surface area contributed by atoms with Crippen LogP contribution in [0.4, 0.5) is 5.69 Å². The van der Waals surface area contributed by atoms with Crippen LogP contribution in [-0.4, -0.2) is 22.9 Å². The number of fused-ring (bicyclic) bond motifs is 1. The molecule has 0 atom stereocenters. The molecule has 0 radical (unpaired) electrons. The highest BCUT2D eigenvalue weighted by Crippen LogP contribution is 2.38. The number of nitrogens with zero attached hydrogens (tertiary/aromatic N) is 4. The summed E-state index contributed by atoms with van der Waals surface area (Å²) < 4.78 is 8.31. The number of benzene rings is 3. The average Bonchev–Trinajstić information content (AvgIpc) is 3.30. The first-order chi connectivity index (χ1) is 18.7. The summed E-state index contributed by atoms with van der Waals surface area (Å²) in [6, 6.07) is 25.1. The van der Waals surface area contributed by atoms with Gasteiger partial charge in [-0.2, -0.15) is 10.4 Å². The Morgan fingerprint density at radius 2 is 1.74 bits per heavy atom. The molecular weight excluding hydrogens is 480 g/mol. The van der Waals surface area contributed by atoms with Gasteiger partial charge >= 0.3 is 0 Å². The number of anilines is 1. The molecule has 39 heavy (non-hydrogen) atoms. The highest BCUT2D eigenvalue weighted by molar-refractivity contribution is 5.71. The van der Waals surface area contributed by atoms with Gasteiger partial charge in [0, 0.05) is 36.3 Å². The number of aromatic nitrogens is 2. The van der Waals surface area contributed by atoms with Crippen LogP contribution in [0.15, 0.2) is 66.7 Å². The molecule has 0 unspecified atom stereocenters. The van der Waals surface area contributed by atoms with Gasteiger partial charge in [-0.3, -0.25) is 0 Å². The van der Waals surface area contributed by atoms with Crippen LogP contribution in [0.1, 0.15) is 62.6 Å². The Hall–Kier alpha value is -4.04. The minimum Gasteiger partial charge on any atom is -0.491 e. The van der Waals surface area contributed by atoms with Gasteiger partial charge in [-0.15, -0.1) is 0 Å². The van der Waals surface area contributed by atoms with E-state index in [2.05, 4.69) is 81.5 Å². The van der Waals surface area contributed by atoms with Crippen molar-refractivity contribution < 1.29 is 4.74 Å². The van der Waals surface area contributed by atoms with Crippen LogP contribution >= 0.6 is 0 Å². The number of rotatable bonds is 6. The van der Waals surface area contributed by atoms with Crippen molar-refractivity contribution in [2.75, 3.05) is 18.1 Å². The fourth-order valence-electron chi connectivity index (χ4n) is 5.18. The topological polar surface area (TPSA) is 54.1 Å². The third-order valence-electron chi connectivity index (χ3n) is 7.40. The quantitative estimate of drug-likeness (QED) is 0.263. The van der Waals surface area contributed by atoms with Crippen molar-refractivity contribution in [3.05, 3.63) is 94.7 Å². The summed E-state index contributed by atoms with van der Waals surface area (Å²) in [7, 11) is 0. The first-order valence-electron chi connectivity index (χ1n) is 13.9. The molecule has 0 aliphatic carbocycles. The number of nitriles is 1. The van der Waals surface area contributed by atoms with Crippen molar-refractivity contribution in [3.63, 3.8) is 0 Å². The predicted molar refractivity (Wildman–Crippen MR) is 159 cm³/mol. The van der Waals surface area contributed by atoms with Gasteiger partial charge in [-0.1, -0.05) is 71.0 Å². The van der Waals surface area contributed by atoms with Gasteiger partial charge in [0.2, 0.25) is 0 Å². The molecule has 1 aromatic heterocycles. The Bertz CT molecular complexity index is 1520. The molecule has 3 aromatic carbocycles. The summed E-state index contributed by atoms with van der Waals surface area (Å²) in [6.45, 7) is 15.6. The van der Waals surface area contributed by atoms with Crippen LogP contribution in [0.2, 0.25) is 0 Å². The van der Waals surface area contributed by atoms with Crippen LogP contribution in [0, 0.1) is 24.2 Å². The third kappa shape index (κ3) is 5.43. The van der Waals surface area contributed by atoms with E-state index < -0.39 is 0 Å². The van der Waals surface area contributed by atoms with E-state index >= 15 is 0 Å². The summed E-state index contributed by atoms with van der Waals surface area (Å²) in [4.78, 5) is 2.49. The van der Waals surface area contributed by atoms with Gasteiger partial charge < -0.3 is 9.64 Å². The fraction of sp³-hybridized carbons (Fsp3) is 0.353. The molecule has 4 aromatic rings. The second kappa shape index (κ2) is 10.6. The number of para-hydroxylation sites is 2. The SMILES string of the molecule is Cc1ccc(C(C)(C)C)cc1N1CCc2nn(-c3ccccc3OCC(C)C)c(-c3ccc(C#N)cc3)c2C1. The molecular formula is C34H38N4O. The summed E-state index contributed by atoms with van der Waals surface area (Å²) >= 11 is 0. The molecule has 1 aliphatic rings. The van der Waals surface area contributed by atoms with Crippen molar-refractivity contribution in [2.45, 2.75) is 59.9 Å². The molecule has 200 valence electrons. The third-order valence-corrected chi connectivity index (χ3v) is 7.40. The highest BCUT2D eigenvalue weighted by atomic mass is 16.5. The molecule has 0 spiro atoms. The van der Waals surface area contributed by atoms with Gasteiger partial charge in [-0.25, -0.2) is 4.68 Å². The van der Waals surface area contributed by atoms with Crippen molar-refractivity contribution in [3.8, 4) is 28.8 Å². The van der Waals surface area contributed by atoms with Crippen molar-refractivity contribution >= 4 is 5.69 Å². The lowest BCUT2D eigenvalue weighted by molar-refractivity contribution is 0.270. The summed E-state index contributed by atoms with van der Waals surface area (Å²) in [6.07, 6.45) is 0.861. The van der Waals surface area contributed by atoms with E-state index in [-0.39, 0.29) is 5.41 Å². The Kier molecular flexibility index (Phi) is 7.23. The molecule has 5 heteroatoms. The zero-order valence-electron chi connectivity index (χ0n) is 24.0. The number of ether oxygens (including phenoxy) is 1. The van der Waals surface area contributed by atoms with Crippen molar-refractivity contribution in [1.82, 2.24) is 9.78 Å². The summed E-state index contributed by atoms with van der Waals surface area (Å²) in [5.41, 5.74) is 10.0. The lowest BCUT2D eigenvalue weighted by Crippen LogP contribution is -2.31. The Morgan fingerprint density at radius 3 is 2.44 bits per heavy atom. The van der Waals surface area contributed by atoms with E-state index in [9.17, 15) is 5.26 Å². The Labute approximate surface area is 232 Å². The van der Waals surface area contributed by atoms with E-state index in [0.29, 0.717) is 18.1 Å². The molecule has 0 N–H and O–H groups in total. The average molecular weight is 519 g/mol. The van der Waals surface area contributed by atoms with Gasteiger partial charge in [0.1, 0.15) is 11.4 Å². The van der Waals surface area contributed by atoms with E-state index in [1.807, 2.05) is 42.5 Å². The standard InChI is InChI=1S/C34H38N4O/c1-23(2)22-39-32-10-8-7-9-30(32)38-33(26-14-12-25(20-35)13-15-26)28-21-37(18-17-29(28)36-38)31-19-27(34(4,5)6)16-11-24(31)3/h7-16,19,23H,17-18,21-22H2,1-6H3. The Balaban J connectivity index is 1.63. The molecule has 2 heterocycles. The number of aryl methyl sites for hydroxylation is 1. The number of hydrogen-bond donors (Lipinski definition) is 0. The van der Waals surface area contributed by atoms with Gasteiger partial charge in [0.15, 0.2) is 0 Å². The monoisotopic (exact) mass is 518 g/mol. The van der Waals surface area contributed by atoms with Gasteiger partial charge in [-0.05, 0) is 59.7 Å². The molecule has 0 bridgehead atoms. The smallest absolute Gasteiger partial charge is 0.144 e. The molecule has 0 saturated heterocycles. The normalized spacial score (nSPS) is 13.3. The summed E-state index contributed by atoms with van der Waals surface area (Å²) in [5.74, 6) is 1.24. The van der Waals surface area contributed by atoms with E-state index in [1.54, 1.807) is 0 Å². The first-order valence-corrected chi connectivity index (χ1v) is 13.9. The zero-order chi connectivity index (χ0) is 27.7. The second-order valence-corrected chi connectivity index (χ2v) is 12.0. The zero-order valence-corrected chi connectivity index (χ0v) is 24.0. The van der Waals surface area contributed by atoms with Crippen LogP contribution in [-0.2, 0) is 18.4 Å². The highest BCUT2D eigenvalue weighted by Gasteiger charge is 2.28. The molecule has 0 saturated carbocycles. The lowest BCUT2D eigenvalue weighted by Gasteiger charge is -2.32. The van der Waals surface area contributed by atoms with Crippen LogP contribution in [0.3, 0.4) is 0 Å². The molecule has 5 nitrogen and oxygen atoms in total. The molecule has 5 rings (SSSR count). The van der Waals surface area contributed by atoms with E-state index in [1.165, 1.54) is 22.4 Å². The van der Waals surface area contributed by atoms with Crippen molar-refractivity contribution in [1.29, 1.82) is 5.26 Å². The maximum atomic E-state index is 9.40. The van der Waals surface area contributed by atoms with Gasteiger partial charge in [0.25, 0.3) is 0 Å². The predicted octanol–water partition coefficient (Wildman–Crippen LogP) is 7.61. The largest absolute Gasteiger partial charge is 0.491 e. The van der Waals surface area contributed by atoms with Crippen molar-refractivity contribution in [2.24, 2.45) is 5.92 Å². The first kappa shape index (κ1) is 26.6. The molecule has 0 amide bonds. The molecule has 1 aliphatic heterocycles. The fourth-order valence-corrected chi connectivity index (χ4v) is 5.18. The summed E-state index contributed by atoms with van der Waals surface area (Å²) in [5, 5.41) is 14.6. The maximum absolute atomic E-state index is 9.40. The number of hydrogen-bond acceptors (Lipinski definition) is 4. The van der Waals surface area contributed by atoms with Crippen LogP contribution < -0.4 is 9.64 Å². The Morgan fingerprint density at radius 1 is 1.00 bits per heavy atom. The minimum atomic E-state index is 0.0849. The minimum absolute atomic E-state index is 0.0849. The second-order valence-electron chi connectivity index (χ2n) is 12.0.